The molecule has 0 bridgehead atoms. The van der Waals surface area contributed by atoms with Gasteiger partial charge in [-0.25, -0.2) is 9.97 Å². The first-order valence-corrected chi connectivity index (χ1v) is 11.9. The number of anilines is 1. The maximum atomic E-state index is 13.4. The van der Waals surface area contributed by atoms with E-state index in [0.29, 0.717) is 31.0 Å². The van der Waals surface area contributed by atoms with Crippen molar-refractivity contribution < 1.29 is 18.0 Å². The van der Waals surface area contributed by atoms with Gasteiger partial charge >= 0.3 is 6.18 Å². The van der Waals surface area contributed by atoms with Gasteiger partial charge in [0, 0.05) is 44.1 Å². The van der Waals surface area contributed by atoms with E-state index in [-0.39, 0.29) is 16.9 Å². The number of thioether (sulfide) groups is 1. The number of nitrogens with zero attached hydrogens (tertiary/aromatic N) is 4. The molecular weight excluding hydrogens is 461 g/mol. The lowest BCUT2D eigenvalue weighted by Crippen LogP contribution is -2.26. The summed E-state index contributed by atoms with van der Waals surface area (Å²) in [6.45, 7) is 5.32. The van der Waals surface area contributed by atoms with Crippen LogP contribution in [0.3, 0.4) is 0 Å². The highest BCUT2D eigenvalue weighted by Gasteiger charge is 2.34. The van der Waals surface area contributed by atoms with Crippen LogP contribution in [0, 0.1) is 0 Å². The first kappa shape index (κ1) is 25.6. The van der Waals surface area contributed by atoms with E-state index in [0.717, 1.165) is 29.0 Å². The molecule has 3 aromatic rings. The van der Waals surface area contributed by atoms with Crippen LogP contribution in [-0.4, -0.2) is 40.9 Å². The summed E-state index contributed by atoms with van der Waals surface area (Å²) < 4.78 is 40.1. The van der Waals surface area contributed by atoms with Crippen LogP contribution in [0.2, 0.25) is 0 Å². The summed E-state index contributed by atoms with van der Waals surface area (Å²) >= 11 is 1.13. The van der Waals surface area contributed by atoms with Gasteiger partial charge in [-0.3, -0.25) is 4.79 Å². The molecule has 0 aliphatic rings. The molecule has 0 aliphatic heterocycles. The topological polar surface area (TPSA) is 49.3 Å². The molecule has 0 fully saturated rings. The van der Waals surface area contributed by atoms with E-state index in [1.807, 2.05) is 44.2 Å². The first-order chi connectivity index (χ1) is 16.2. The molecule has 0 saturated carbocycles. The van der Waals surface area contributed by atoms with Crippen molar-refractivity contribution >= 4 is 23.5 Å². The van der Waals surface area contributed by atoms with Gasteiger partial charge in [0.05, 0.1) is 0 Å². The van der Waals surface area contributed by atoms with E-state index in [9.17, 15) is 18.0 Å². The normalized spacial score (nSPS) is 11.4. The van der Waals surface area contributed by atoms with Crippen LogP contribution in [0.15, 0.2) is 65.8 Å². The smallest absolute Gasteiger partial charge is 0.357 e. The Hall–Kier alpha value is -3.07. The second-order valence-corrected chi connectivity index (χ2v) is 8.64. The van der Waals surface area contributed by atoms with Crippen LogP contribution >= 0.6 is 11.8 Å². The Morgan fingerprint density at radius 3 is 2.18 bits per heavy atom. The molecule has 0 atom stereocenters. The molecule has 0 saturated heterocycles. The average molecular weight is 489 g/mol. The highest BCUT2D eigenvalue weighted by Crippen LogP contribution is 2.32. The van der Waals surface area contributed by atoms with Gasteiger partial charge in [0.15, 0.2) is 10.9 Å². The Balaban J connectivity index is 1.69. The number of aromatic nitrogens is 2. The molecule has 0 N–H and O–H groups in total. The van der Waals surface area contributed by atoms with Gasteiger partial charge in [-0.15, -0.1) is 0 Å². The number of carbonyl (C=O) groups is 1. The van der Waals surface area contributed by atoms with Crippen LogP contribution in [0.1, 0.15) is 41.0 Å². The molecule has 1 amide bonds. The van der Waals surface area contributed by atoms with Gasteiger partial charge in [-0.2, -0.15) is 13.2 Å². The van der Waals surface area contributed by atoms with E-state index in [2.05, 4.69) is 9.97 Å². The van der Waals surface area contributed by atoms with Crippen molar-refractivity contribution in [2.24, 2.45) is 0 Å². The summed E-state index contributed by atoms with van der Waals surface area (Å²) in [5.74, 6) is 0.540. The molecule has 1 aromatic heterocycles. The molecule has 0 spiro atoms. The lowest BCUT2D eigenvalue weighted by atomic mass is 10.1. The zero-order chi connectivity index (χ0) is 24.7. The molecule has 5 nitrogen and oxygen atoms in total. The van der Waals surface area contributed by atoms with E-state index in [1.165, 1.54) is 0 Å². The van der Waals surface area contributed by atoms with Gasteiger partial charge < -0.3 is 9.80 Å². The minimum atomic E-state index is -4.55. The monoisotopic (exact) mass is 488 g/mol. The Bertz CT molecular complexity index is 1090. The second kappa shape index (κ2) is 11.4. The van der Waals surface area contributed by atoms with E-state index in [1.54, 1.807) is 41.1 Å². The predicted molar refractivity (Wildman–Crippen MR) is 129 cm³/mol. The Morgan fingerprint density at radius 2 is 1.59 bits per heavy atom. The molecule has 3 rings (SSSR count). The fraction of sp³-hybridized carbons (Fsp3) is 0.320. The number of hydrogen-bond acceptors (Lipinski definition) is 5. The number of amides is 1. The summed E-state index contributed by atoms with van der Waals surface area (Å²) in [4.78, 5) is 24.2. The second-order valence-electron chi connectivity index (χ2n) is 7.70. The minimum absolute atomic E-state index is 0.0690. The van der Waals surface area contributed by atoms with Crippen LogP contribution in [0.25, 0.3) is 0 Å². The van der Waals surface area contributed by atoms with Crippen molar-refractivity contribution in [2.45, 2.75) is 37.5 Å². The summed E-state index contributed by atoms with van der Waals surface area (Å²) in [7, 11) is 1.75. The zero-order valence-corrected chi connectivity index (χ0v) is 20.2. The molecule has 0 radical (unpaired) electrons. The Morgan fingerprint density at radius 1 is 0.941 bits per heavy atom. The molecular formula is C25H27F3N4OS. The maximum absolute atomic E-state index is 13.4. The standard InChI is InChI=1S/C25H27F3N4OS/c1-4-32(5-2)22-15-21(25(26,27)28)29-24(30-22)34-17-19-11-13-20(14-12-19)23(33)31(3)16-18-9-7-6-8-10-18/h6-15H,4-5,16-17H2,1-3H3. The Labute approximate surface area is 202 Å². The number of benzene rings is 2. The van der Waals surface area contributed by atoms with Crippen LogP contribution in [0.5, 0.6) is 0 Å². The molecule has 0 aliphatic carbocycles. The number of hydrogen-bond donors (Lipinski definition) is 0. The van der Waals surface area contributed by atoms with E-state index >= 15 is 0 Å². The number of carbonyl (C=O) groups excluding carboxylic acids is 1. The van der Waals surface area contributed by atoms with Crippen molar-refractivity contribution in [3.63, 3.8) is 0 Å². The van der Waals surface area contributed by atoms with Crippen LogP contribution in [0.4, 0.5) is 19.0 Å². The third-order valence-corrected chi connectivity index (χ3v) is 6.17. The summed E-state index contributed by atoms with van der Waals surface area (Å²) in [5.41, 5.74) is 1.50. The molecule has 180 valence electrons. The molecule has 34 heavy (non-hydrogen) atoms. The largest absolute Gasteiger partial charge is 0.433 e. The maximum Gasteiger partial charge on any atom is 0.433 e. The summed E-state index contributed by atoms with van der Waals surface area (Å²) in [6.07, 6.45) is -4.55. The van der Waals surface area contributed by atoms with Gasteiger partial charge in [0.25, 0.3) is 5.91 Å². The molecule has 1 heterocycles. The highest BCUT2D eigenvalue weighted by atomic mass is 32.2. The van der Waals surface area contributed by atoms with Crippen molar-refractivity contribution in [2.75, 3.05) is 25.0 Å². The molecule has 0 unspecified atom stereocenters. The van der Waals surface area contributed by atoms with Crippen molar-refractivity contribution in [1.29, 1.82) is 0 Å². The van der Waals surface area contributed by atoms with Gasteiger partial charge in [0.2, 0.25) is 0 Å². The van der Waals surface area contributed by atoms with Crippen LogP contribution < -0.4 is 4.90 Å². The van der Waals surface area contributed by atoms with Gasteiger partial charge in [-0.05, 0) is 37.1 Å². The van der Waals surface area contributed by atoms with Gasteiger partial charge in [0.1, 0.15) is 5.82 Å². The molecule has 9 heteroatoms. The van der Waals surface area contributed by atoms with E-state index in [4.69, 9.17) is 0 Å². The molecule has 2 aromatic carbocycles. The van der Waals surface area contributed by atoms with Crippen molar-refractivity contribution in [3.05, 3.63) is 83.0 Å². The minimum Gasteiger partial charge on any atom is -0.357 e. The lowest BCUT2D eigenvalue weighted by molar-refractivity contribution is -0.141. The lowest BCUT2D eigenvalue weighted by Gasteiger charge is -2.21. The first-order valence-electron chi connectivity index (χ1n) is 10.9. The third kappa shape index (κ3) is 6.72. The third-order valence-electron chi connectivity index (χ3n) is 5.25. The fourth-order valence-corrected chi connectivity index (χ4v) is 4.18. The number of halogens is 3. The SMILES string of the molecule is CCN(CC)c1cc(C(F)(F)F)nc(SCc2ccc(C(=O)N(C)Cc3ccccc3)cc2)n1. The fourth-order valence-electron chi connectivity index (χ4n) is 3.37. The van der Waals surface area contributed by atoms with E-state index < -0.39 is 11.9 Å². The Kier molecular flexibility index (Phi) is 8.55. The summed E-state index contributed by atoms with van der Waals surface area (Å²) in [5, 5.41) is 0.0690. The van der Waals surface area contributed by atoms with Crippen molar-refractivity contribution in [1.82, 2.24) is 14.9 Å². The zero-order valence-electron chi connectivity index (χ0n) is 19.3. The van der Waals surface area contributed by atoms with Crippen molar-refractivity contribution in [3.8, 4) is 0 Å². The summed E-state index contributed by atoms with van der Waals surface area (Å²) in [6, 6.07) is 17.8. The number of alkyl halides is 3. The highest BCUT2D eigenvalue weighted by molar-refractivity contribution is 7.98. The van der Waals surface area contributed by atoms with Gasteiger partial charge in [-0.1, -0.05) is 54.2 Å². The average Bonchev–Trinajstić information content (AvgIpc) is 2.83. The number of rotatable bonds is 9. The quantitative estimate of drug-likeness (QED) is 0.277. The van der Waals surface area contributed by atoms with Crippen LogP contribution in [-0.2, 0) is 18.5 Å². The predicted octanol–water partition coefficient (Wildman–Crippen LogP) is 5.91.